The second-order valence-electron chi connectivity index (χ2n) is 3.93. The molecule has 0 atom stereocenters. The minimum Gasteiger partial charge on any atom is -0.444 e. The molecule has 0 saturated heterocycles. The van der Waals surface area contributed by atoms with Gasteiger partial charge in [0.2, 0.25) is 0 Å². The summed E-state index contributed by atoms with van der Waals surface area (Å²) in [6, 6.07) is 6.79. The largest absolute Gasteiger partial charge is 0.444 e. The summed E-state index contributed by atoms with van der Waals surface area (Å²) >= 11 is 5.83. The predicted octanol–water partition coefficient (Wildman–Crippen LogP) is 2.87. The average molecular weight is 265 g/mol. The van der Waals surface area contributed by atoms with E-state index in [0.717, 1.165) is 5.69 Å². The second kappa shape index (κ2) is 5.23. The van der Waals surface area contributed by atoms with Gasteiger partial charge in [0.05, 0.1) is 12.2 Å². The summed E-state index contributed by atoms with van der Waals surface area (Å²) in [6.45, 7) is 3.94. The minimum absolute atomic E-state index is 0.189. The summed E-state index contributed by atoms with van der Waals surface area (Å²) < 4.78 is 5.37. The van der Waals surface area contributed by atoms with Gasteiger partial charge in [-0.05, 0) is 25.1 Å². The first kappa shape index (κ1) is 12.6. The van der Waals surface area contributed by atoms with E-state index in [1.807, 2.05) is 6.92 Å². The van der Waals surface area contributed by atoms with Crippen LogP contribution in [0.4, 0.5) is 0 Å². The van der Waals surface area contributed by atoms with Crippen molar-refractivity contribution >= 4 is 17.5 Å². The van der Waals surface area contributed by atoms with Gasteiger partial charge >= 0.3 is 0 Å². The van der Waals surface area contributed by atoms with Gasteiger partial charge in [-0.2, -0.15) is 0 Å². The van der Waals surface area contributed by atoms with Gasteiger partial charge in [0.25, 0.3) is 5.91 Å². The van der Waals surface area contributed by atoms with E-state index in [4.69, 9.17) is 16.0 Å². The number of aromatic nitrogens is 1. The van der Waals surface area contributed by atoms with Crippen LogP contribution in [0, 0.1) is 13.8 Å². The first-order valence-corrected chi connectivity index (χ1v) is 5.91. The first-order valence-electron chi connectivity index (χ1n) is 5.53. The van der Waals surface area contributed by atoms with E-state index < -0.39 is 0 Å². The second-order valence-corrected chi connectivity index (χ2v) is 4.37. The van der Waals surface area contributed by atoms with Crippen LogP contribution in [0.5, 0.6) is 0 Å². The molecule has 1 heterocycles. The number of rotatable bonds is 3. The Morgan fingerprint density at radius 1 is 1.44 bits per heavy atom. The molecule has 4 nitrogen and oxygen atoms in total. The molecule has 18 heavy (non-hydrogen) atoms. The maximum Gasteiger partial charge on any atom is 0.251 e. The van der Waals surface area contributed by atoms with E-state index in [2.05, 4.69) is 10.3 Å². The maximum atomic E-state index is 11.9. The third kappa shape index (κ3) is 2.90. The van der Waals surface area contributed by atoms with E-state index in [9.17, 15) is 4.79 Å². The summed E-state index contributed by atoms with van der Waals surface area (Å²) in [5, 5.41) is 3.30. The lowest BCUT2D eigenvalue weighted by Gasteiger charge is -2.03. The van der Waals surface area contributed by atoms with E-state index in [-0.39, 0.29) is 5.91 Å². The zero-order valence-electron chi connectivity index (χ0n) is 10.2. The smallest absolute Gasteiger partial charge is 0.251 e. The standard InChI is InChI=1S/C13H13ClN2O2/c1-8-12(18-9(2)16-8)7-15-13(17)10-4-3-5-11(14)6-10/h3-6H,7H2,1-2H3,(H,15,17). The van der Waals surface area contributed by atoms with Crippen molar-refractivity contribution in [1.29, 1.82) is 0 Å². The molecule has 0 radical (unpaired) electrons. The number of nitrogens with zero attached hydrogens (tertiary/aromatic N) is 1. The van der Waals surface area contributed by atoms with Gasteiger partial charge < -0.3 is 9.73 Å². The van der Waals surface area contributed by atoms with Crippen LogP contribution in [0.2, 0.25) is 5.02 Å². The molecule has 5 heteroatoms. The molecular formula is C13H13ClN2O2. The Balaban J connectivity index is 2.02. The van der Waals surface area contributed by atoms with E-state index in [1.165, 1.54) is 0 Å². The molecule has 2 aromatic rings. The highest BCUT2D eigenvalue weighted by molar-refractivity contribution is 6.30. The number of hydrogen-bond acceptors (Lipinski definition) is 3. The number of hydrogen-bond donors (Lipinski definition) is 1. The Bertz CT molecular complexity index is 578. The fourth-order valence-electron chi connectivity index (χ4n) is 1.63. The summed E-state index contributed by atoms with van der Waals surface area (Å²) in [6.07, 6.45) is 0. The highest BCUT2D eigenvalue weighted by Gasteiger charge is 2.10. The van der Waals surface area contributed by atoms with Crippen LogP contribution in [0.15, 0.2) is 28.7 Å². The van der Waals surface area contributed by atoms with Crippen molar-refractivity contribution in [2.45, 2.75) is 20.4 Å². The summed E-state index contributed by atoms with van der Waals surface area (Å²) in [4.78, 5) is 16.0. The fraction of sp³-hybridized carbons (Fsp3) is 0.231. The SMILES string of the molecule is Cc1nc(C)c(CNC(=O)c2cccc(Cl)c2)o1. The maximum absolute atomic E-state index is 11.9. The Kier molecular flexibility index (Phi) is 3.67. The van der Waals surface area contributed by atoms with Crippen molar-refractivity contribution in [2.24, 2.45) is 0 Å². The van der Waals surface area contributed by atoms with Crippen LogP contribution in [0.25, 0.3) is 0 Å². The van der Waals surface area contributed by atoms with Gasteiger partial charge in [0.15, 0.2) is 5.89 Å². The lowest BCUT2D eigenvalue weighted by atomic mass is 10.2. The quantitative estimate of drug-likeness (QED) is 0.927. The van der Waals surface area contributed by atoms with Crippen LogP contribution in [0.1, 0.15) is 27.7 Å². The van der Waals surface area contributed by atoms with Crippen molar-refractivity contribution in [2.75, 3.05) is 0 Å². The van der Waals surface area contributed by atoms with Crippen molar-refractivity contribution in [1.82, 2.24) is 10.3 Å². The fourth-order valence-corrected chi connectivity index (χ4v) is 1.82. The third-order valence-electron chi connectivity index (χ3n) is 2.50. The molecule has 1 amide bonds. The molecule has 0 aliphatic rings. The van der Waals surface area contributed by atoms with E-state index in [1.54, 1.807) is 31.2 Å². The number of benzene rings is 1. The number of oxazole rings is 1. The zero-order valence-corrected chi connectivity index (χ0v) is 10.9. The third-order valence-corrected chi connectivity index (χ3v) is 2.73. The van der Waals surface area contributed by atoms with E-state index in [0.29, 0.717) is 28.8 Å². The average Bonchev–Trinajstić information content (AvgIpc) is 2.65. The Morgan fingerprint density at radius 3 is 2.83 bits per heavy atom. The zero-order chi connectivity index (χ0) is 13.1. The summed E-state index contributed by atoms with van der Waals surface area (Å²) in [7, 11) is 0. The number of carbonyl (C=O) groups excluding carboxylic acids is 1. The monoisotopic (exact) mass is 264 g/mol. The topological polar surface area (TPSA) is 55.1 Å². The van der Waals surface area contributed by atoms with Crippen LogP contribution in [-0.2, 0) is 6.54 Å². The van der Waals surface area contributed by atoms with Gasteiger partial charge in [0, 0.05) is 17.5 Å². The molecule has 1 aromatic carbocycles. The lowest BCUT2D eigenvalue weighted by molar-refractivity contribution is 0.0948. The molecular weight excluding hydrogens is 252 g/mol. The van der Waals surface area contributed by atoms with Gasteiger partial charge in [-0.1, -0.05) is 17.7 Å². The number of nitrogens with one attached hydrogen (secondary N) is 1. The van der Waals surface area contributed by atoms with Crippen LogP contribution in [-0.4, -0.2) is 10.9 Å². The number of amides is 1. The Labute approximate surface area is 110 Å². The number of halogens is 1. The number of carbonyl (C=O) groups is 1. The molecule has 0 bridgehead atoms. The predicted molar refractivity (Wildman–Crippen MR) is 68.6 cm³/mol. The molecule has 2 rings (SSSR count). The normalized spacial score (nSPS) is 10.4. The lowest BCUT2D eigenvalue weighted by Crippen LogP contribution is -2.22. The van der Waals surface area contributed by atoms with Gasteiger partial charge in [-0.3, -0.25) is 4.79 Å². The molecule has 94 valence electrons. The highest BCUT2D eigenvalue weighted by Crippen LogP contribution is 2.12. The van der Waals surface area contributed by atoms with Crippen molar-refractivity contribution in [3.63, 3.8) is 0 Å². The Hall–Kier alpha value is -1.81. The number of aryl methyl sites for hydroxylation is 2. The highest BCUT2D eigenvalue weighted by atomic mass is 35.5. The van der Waals surface area contributed by atoms with Crippen molar-refractivity contribution in [3.05, 3.63) is 52.2 Å². The molecule has 1 aromatic heterocycles. The molecule has 0 aliphatic heterocycles. The molecule has 1 N–H and O–H groups in total. The molecule has 0 saturated carbocycles. The van der Waals surface area contributed by atoms with Gasteiger partial charge in [-0.25, -0.2) is 4.98 Å². The molecule has 0 aliphatic carbocycles. The van der Waals surface area contributed by atoms with Crippen LogP contribution in [0.3, 0.4) is 0 Å². The molecule has 0 spiro atoms. The van der Waals surface area contributed by atoms with Gasteiger partial charge in [-0.15, -0.1) is 0 Å². The molecule has 0 fully saturated rings. The van der Waals surface area contributed by atoms with Gasteiger partial charge in [0.1, 0.15) is 5.76 Å². The van der Waals surface area contributed by atoms with Crippen LogP contribution >= 0.6 is 11.6 Å². The molecule has 0 unspecified atom stereocenters. The summed E-state index contributed by atoms with van der Waals surface area (Å²) in [5.41, 5.74) is 1.32. The first-order chi connectivity index (χ1) is 8.56. The summed E-state index contributed by atoms with van der Waals surface area (Å²) in [5.74, 6) is 1.08. The van der Waals surface area contributed by atoms with Crippen molar-refractivity contribution < 1.29 is 9.21 Å². The van der Waals surface area contributed by atoms with E-state index >= 15 is 0 Å². The minimum atomic E-state index is -0.189. The van der Waals surface area contributed by atoms with Crippen molar-refractivity contribution in [3.8, 4) is 0 Å². The Morgan fingerprint density at radius 2 is 2.22 bits per heavy atom. The van der Waals surface area contributed by atoms with Crippen LogP contribution < -0.4 is 5.32 Å².